The van der Waals surface area contributed by atoms with Crippen LogP contribution in [0, 0.1) is 0 Å². The van der Waals surface area contributed by atoms with Gasteiger partial charge in [-0.05, 0) is 19.9 Å². The van der Waals surface area contributed by atoms with Crippen LogP contribution in [0.4, 0.5) is 0 Å². The summed E-state index contributed by atoms with van der Waals surface area (Å²) in [5.74, 6) is -0.116. The van der Waals surface area contributed by atoms with Gasteiger partial charge in [0, 0.05) is 38.4 Å². The van der Waals surface area contributed by atoms with Crippen LogP contribution in [0.3, 0.4) is 0 Å². The van der Waals surface area contributed by atoms with E-state index in [-0.39, 0.29) is 5.91 Å². The van der Waals surface area contributed by atoms with E-state index in [0.29, 0.717) is 25.3 Å². The smallest absolute Gasteiger partial charge is 0.271 e. The number of likely N-dealkylation sites (N-methyl/N-ethyl adjacent to an activating group) is 1. The molecule has 1 fully saturated rings. The maximum Gasteiger partial charge on any atom is 0.271 e. The highest BCUT2D eigenvalue weighted by atomic mass is 16.1. The lowest BCUT2D eigenvalue weighted by atomic mass is 10.4. The van der Waals surface area contributed by atoms with Crippen LogP contribution in [-0.2, 0) is 6.54 Å². The molecule has 6 heteroatoms. The fourth-order valence-electron chi connectivity index (χ4n) is 1.88. The summed E-state index contributed by atoms with van der Waals surface area (Å²) in [5.41, 5.74) is 5.89. The Bertz CT molecular complexity index is 399. The second-order valence-electron chi connectivity index (χ2n) is 4.75. The van der Waals surface area contributed by atoms with Crippen LogP contribution in [-0.4, -0.2) is 53.1 Å². The summed E-state index contributed by atoms with van der Waals surface area (Å²) in [4.78, 5) is 18.1. The van der Waals surface area contributed by atoms with E-state index in [1.807, 2.05) is 4.57 Å². The maximum atomic E-state index is 11.8. The number of carbonyl (C=O) groups excluding carboxylic acids is 1. The molecule has 1 aromatic rings. The van der Waals surface area contributed by atoms with Gasteiger partial charge >= 0.3 is 0 Å². The highest BCUT2D eigenvalue weighted by Crippen LogP contribution is 2.24. The van der Waals surface area contributed by atoms with Gasteiger partial charge in [-0.25, -0.2) is 4.98 Å². The van der Waals surface area contributed by atoms with Gasteiger partial charge < -0.3 is 20.5 Å². The zero-order chi connectivity index (χ0) is 13.0. The SMILES string of the molecule is CN(CCNC(=O)c1cn(CCN)cn1)C1CC1. The number of carbonyl (C=O) groups is 1. The number of amides is 1. The molecule has 0 unspecified atom stereocenters. The van der Waals surface area contributed by atoms with E-state index in [2.05, 4.69) is 22.2 Å². The fraction of sp³-hybridized carbons (Fsp3) is 0.667. The van der Waals surface area contributed by atoms with Gasteiger partial charge in [0.25, 0.3) is 5.91 Å². The first-order chi connectivity index (χ1) is 8.70. The van der Waals surface area contributed by atoms with E-state index in [4.69, 9.17) is 5.73 Å². The van der Waals surface area contributed by atoms with Gasteiger partial charge in [0.2, 0.25) is 0 Å². The lowest BCUT2D eigenvalue weighted by Gasteiger charge is -2.15. The Labute approximate surface area is 107 Å². The third-order valence-corrected chi connectivity index (χ3v) is 3.17. The van der Waals surface area contributed by atoms with E-state index in [9.17, 15) is 4.79 Å². The van der Waals surface area contributed by atoms with Crippen LogP contribution >= 0.6 is 0 Å². The van der Waals surface area contributed by atoms with Crippen LogP contribution in [0.5, 0.6) is 0 Å². The molecule has 0 atom stereocenters. The molecular formula is C12H21N5O. The number of nitrogens with two attached hydrogens (primary N) is 1. The summed E-state index contributed by atoms with van der Waals surface area (Å²) in [6.45, 7) is 2.78. The van der Waals surface area contributed by atoms with Crippen molar-refractivity contribution in [3.8, 4) is 0 Å². The minimum absolute atomic E-state index is 0.116. The number of hydrogen-bond acceptors (Lipinski definition) is 4. The molecule has 1 saturated carbocycles. The van der Waals surface area contributed by atoms with Gasteiger partial charge in [0.05, 0.1) is 6.33 Å². The molecule has 0 aliphatic heterocycles. The van der Waals surface area contributed by atoms with Crippen molar-refractivity contribution in [1.29, 1.82) is 0 Å². The van der Waals surface area contributed by atoms with Crippen LogP contribution in [0.15, 0.2) is 12.5 Å². The molecule has 0 spiro atoms. The minimum Gasteiger partial charge on any atom is -0.349 e. The molecule has 1 aromatic heterocycles. The van der Waals surface area contributed by atoms with Crippen molar-refractivity contribution in [1.82, 2.24) is 19.8 Å². The highest BCUT2D eigenvalue weighted by molar-refractivity contribution is 5.91. The van der Waals surface area contributed by atoms with Gasteiger partial charge in [0.15, 0.2) is 0 Å². The largest absolute Gasteiger partial charge is 0.349 e. The number of hydrogen-bond donors (Lipinski definition) is 2. The third kappa shape index (κ3) is 3.54. The standard InChI is InChI=1S/C12H21N5O/c1-16(10-2-3-10)7-5-14-12(18)11-8-17(6-4-13)9-15-11/h8-10H,2-7,13H2,1H3,(H,14,18). The molecular weight excluding hydrogens is 230 g/mol. The Morgan fingerprint density at radius 3 is 3.11 bits per heavy atom. The molecule has 6 nitrogen and oxygen atoms in total. The Kier molecular flexibility index (Phi) is 4.33. The molecule has 1 heterocycles. The molecule has 1 aliphatic rings. The van der Waals surface area contributed by atoms with Gasteiger partial charge in [-0.15, -0.1) is 0 Å². The molecule has 100 valence electrons. The summed E-state index contributed by atoms with van der Waals surface area (Å²) in [7, 11) is 2.10. The summed E-state index contributed by atoms with van der Waals surface area (Å²) in [5, 5.41) is 2.88. The van der Waals surface area contributed by atoms with E-state index in [1.54, 1.807) is 12.5 Å². The topological polar surface area (TPSA) is 76.2 Å². The average Bonchev–Trinajstić information content (AvgIpc) is 3.10. The van der Waals surface area contributed by atoms with Gasteiger partial charge in [0.1, 0.15) is 5.69 Å². The first-order valence-corrected chi connectivity index (χ1v) is 6.41. The van der Waals surface area contributed by atoms with Crippen molar-refractivity contribution in [3.05, 3.63) is 18.2 Å². The maximum absolute atomic E-state index is 11.8. The summed E-state index contributed by atoms with van der Waals surface area (Å²) in [6.07, 6.45) is 5.94. The Hall–Kier alpha value is -1.40. The molecule has 0 bridgehead atoms. The number of rotatable bonds is 7. The van der Waals surface area contributed by atoms with Crippen molar-refractivity contribution in [2.45, 2.75) is 25.4 Å². The second kappa shape index (κ2) is 5.97. The van der Waals surface area contributed by atoms with Gasteiger partial charge in [-0.3, -0.25) is 4.79 Å². The van der Waals surface area contributed by atoms with E-state index in [1.165, 1.54) is 12.8 Å². The zero-order valence-corrected chi connectivity index (χ0v) is 10.8. The first kappa shape index (κ1) is 13.0. The summed E-state index contributed by atoms with van der Waals surface area (Å²) in [6, 6.07) is 0.727. The number of aromatic nitrogens is 2. The molecule has 0 radical (unpaired) electrons. The monoisotopic (exact) mass is 251 g/mol. The molecule has 2 rings (SSSR count). The molecule has 18 heavy (non-hydrogen) atoms. The number of nitrogens with zero attached hydrogens (tertiary/aromatic N) is 3. The van der Waals surface area contributed by atoms with Crippen LogP contribution < -0.4 is 11.1 Å². The quantitative estimate of drug-likeness (QED) is 0.695. The average molecular weight is 251 g/mol. The normalized spacial score (nSPS) is 15.1. The fourth-order valence-corrected chi connectivity index (χ4v) is 1.88. The summed E-state index contributed by atoms with van der Waals surface area (Å²) >= 11 is 0. The van der Waals surface area contributed by atoms with E-state index >= 15 is 0 Å². The van der Waals surface area contributed by atoms with Gasteiger partial charge in [-0.1, -0.05) is 0 Å². The lowest BCUT2D eigenvalue weighted by Crippen LogP contribution is -2.34. The molecule has 0 aromatic carbocycles. The second-order valence-corrected chi connectivity index (χ2v) is 4.75. The van der Waals surface area contributed by atoms with Crippen molar-refractivity contribution in [2.24, 2.45) is 5.73 Å². The molecule has 1 amide bonds. The molecule has 1 aliphatic carbocycles. The Morgan fingerprint density at radius 2 is 2.44 bits per heavy atom. The zero-order valence-electron chi connectivity index (χ0n) is 10.8. The van der Waals surface area contributed by atoms with E-state index < -0.39 is 0 Å². The Morgan fingerprint density at radius 1 is 1.67 bits per heavy atom. The molecule has 3 N–H and O–H groups in total. The minimum atomic E-state index is -0.116. The van der Waals surface area contributed by atoms with Gasteiger partial charge in [-0.2, -0.15) is 0 Å². The van der Waals surface area contributed by atoms with Crippen molar-refractivity contribution >= 4 is 5.91 Å². The van der Waals surface area contributed by atoms with Crippen molar-refractivity contribution in [3.63, 3.8) is 0 Å². The van der Waals surface area contributed by atoms with E-state index in [0.717, 1.165) is 12.6 Å². The van der Waals surface area contributed by atoms with Crippen LogP contribution in [0.25, 0.3) is 0 Å². The van der Waals surface area contributed by atoms with Crippen LogP contribution in [0.2, 0.25) is 0 Å². The summed E-state index contributed by atoms with van der Waals surface area (Å²) < 4.78 is 1.82. The predicted molar refractivity (Wildman–Crippen MR) is 69.3 cm³/mol. The predicted octanol–water partition coefficient (Wildman–Crippen LogP) is -0.334. The van der Waals surface area contributed by atoms with Crippen molar-refractivity contribution in [2.75, 3.05) is 26.7 Å². The molecule has 0 saturated heterocycles. The third-order valence-electron chi connectivity index (χ3n) is 3.17. The first-order valence-electron chi connectivity index (χ1n) is 6.41. The number of imidazole rings is 1. The Balaban J connectivity index is 1.72. The number of nitrogens with one attached hydrogen (secondary N) is 1. The lowest BCUT2D eigenvalue weighted by molar-refractivity contribution is 0.0945. The highest BCUT2D eigenvalue weighted by Gasteiger charge is 2.25. The van der Waals surface area contributed by atoms with Crippen LogP contribution in [0.1, 0.15) is 23.3 Å². The van der Waals surface area contributed by atoms with Crippen molar-refractivity contribution < 1.29 is 4.79 Å².